The van der Waals surface area contributed by atoms with Gasteiger partial charge in [-0.2, -0.15) is 0 Å². The van der Waals surface area contributed by atoms with Gasteiger partial charge in [-0.25, -0.2) is 0 Å². The van der Waals surface area contributed by atoms with E-state index in [2.05, 4.69) is 43.1 Å². The van der Waals surface area contributed by atoms with Gasteiger partial charge in [0.05, 0.1) is 0 Å². The van der Waals surface area contributed by atoms with Crippen molar-refractivity contribution >= 4 is 23.2 Å². The minimum atomic E-state index is 0.0953. The molecule has 0 radical (unpaired) electrons. The first kappa shape index (κ1) is 22.3. The lowest BCUT2D eigenvalue weighted by Crippen LogP contribution is -2.48. The molecule has 156 valence electrons. The summed E-state index contributed by atoms with van der Waals surface area (Å²) >= 11 is 0. The van der Waals surface area contributed by atoms with E-state index in [0.29, 0.717) is 6.42 Å². The van der Waals surface area contributed by atoms with Crippen molar-refractivity contribution in [3.05, 3.63) is 24.3 Å². The Labute approximate surface area is 170 Å². The molecule has 0 saturated carbocycles. The Morgan fingerprint density at radius 3 is 2.18 bits per heavy atom. The number of hydrogen-bond donors (Lipinski definition) is 1. The van der Waals surface area contributed by atoms with E-state index in [0.717, 1.165) is 76.1 Å². The maximum atomic E-state index is 12.5. The van der Waals surface area contributed by atoms with E-state index in [-0.39, 0.29) is 17.7 Å². The highest BCUT2D eigenvalue weighted by molar-refractivity contribution is 5.92. The first-order valence-corrected chi connectivity index (χ1v) is 11.0. The molecular formula is C23H37N3O2. The van der Waals surface area contributed by atoms with Crippen molar-refractivity contribution in [2.75, 3.05) is 36.4 Å². The van der Waals surface area contributed by atoms with E-state index in [1.807, 2.05) is 17.0 Å². The van der Waals surface area contributed by atoms with Crippen LogP contribution in [0.15, 0.2) is 24.3 Å². The molecule has 1 aromatic rings. The highest BCUT2D eigenvalue weighted by Crippen LogP contribution is 2.21. The molecule has 28 heavy (non-hydrogen) atoms. The highest BCUT2D eigenvalue weighted by Gasteiger charge is 2.21. The molecule has 0 bridgehead atoms. The first-order chi connectivity index (χ1) is 13.6. The standard InChI is InChI=1S/C23H37N3O2/c1-4-7-9-19(6-3)23(28)24-20-11-13-21(14-12-20)25-15-17-26(18-16-25)22(27)10-8-5-2/h11-14,19H,4-10,15-18H2,1-3H3,(H,24,28)/t19-/m1/s1. The molecule has 2 rings (SSSR count). The zero-order valence-corrected chi connectivity index (χ0v) is 17.9. The summed E-state index contributed by atoms with van der Waals surface area (Å²) in [5.41, 5.74) is 2.01. The summed E-state index contributed by atoms with van der Waals surface area (Å²) in [5.74, 6) is 0.508. The van der Waals surface area contributed by atoms with Crippen LogP contribution in [-0.2, 0) is 9.59 Å². The molecule has 5 nitrogen and oxygen atoms in total. The van der Waals surface area contributed by atoms with Gasteiger partial charge in [-0.05, 0) is 43.5 Å². The van der Waals surface area contributed by atoms with Crippen LogP contribution in [0.1, 0.15) is 65.7 Å². The van der Waals surface area contributed by atoms with Crippen LogP contribution in [0.3, 0.4) is 0 Å². The van der Waals surface area contributed by atoms with Gasteiger partial charge in [0.1, 0.15) is 0 Å². The lowest BCUT2D eigenvalue weighted by Gasteiger charge is -2.36. The predicted molar refractivity (Wildman–Crippen MR) is 117 cm³/mol. The zero-order chi connectivity index (χ0) is 20.4. The third kappa shape index (κ3) is 6.54. The molecule has 1 N–H and O–H groups in total. The van der Waals surface area contributed by atoms with Crippen LogP contribution in [0.2, 0.25) is 0 Å². The van der Waals surface area contributed by atoms with Crippen molar-refractivity contribution in [2.45, 2.75) is 65.7 Å². The summed E-state index contributed by atoms with van der Waals surface area (Å²) in [6.07, 6.45) is 6.76. The van der Waals surface area contributed by atoms with Crippen LogP contribution in [-0.4, -0.2) is 42.9 Å². The molecular weight excluding hydrogens is 350 g/mol. The lowest BCUT2D eigenvalue weighted by molar-refractivity contribution is -0.131. The number of piperazine rings is 1. The molecule has 1 atom stereocenters. The quantitative estimate of drug-likeness (QED) is 0.634. The Hall–Kier alpha value is -2.04. The second-order valence-electron chi connectivity index (χ2n) is 7.75. The summed E-state index contributed by atoms with van der Waals surface area (Å²) in [4.78, 5) is 28.9. The van der Waals surface area contributed by atoms with Crippen molar-refractivity contribution in [1.82, 2.24) is 4.90 Å². The van der Waals surface area contributed by atoms with Crippen LogP contribution in [0.5, 0.6) is 0 Å². The van der Waals surface area contributed by atoms with Gasteiger partial charge < -0.3 is 15.1 Å². The predicted octanol–water partition coefficient (Wildman–Crippen LogP) is 4.68. The molecule has 0 aliphatic carbocycles. The molecule has 0 aromatic heterocycles. The van der Waals surface area contributed by atoms with Crippen LogP contribution < -0.4 is 10.2 Å². The second kappa shape index (κ2) is 11.7. The number of hydrogen-bond acceptors (Lipinski definition) is 3. The van der Waals surface area contributed by atoms with Gasteiger partial charge in [-0.1, -0.05) is 40.0 Å². The van der Waals surface area contributed by atoms with Gasteiger partial charge in [-0.15, -0.1) is 0 Å². The molecule has 1 aliphatic rings. The average molecular weight is 388 g/mol. The Balaban J connectivity index is 1.84. The van der Waals surface area contributed by atoms with Gasteiger partial charge >= 0.3 is 0 Å². The fourth-order valence-electron chi connectivity index (χ4n) is 3.67. The summed E-state index contributed by atoms with van der Waals surface area (Å²) in [5, 5.41) is 3.06. The van der Waals surface area contributed by atoms with Crippen molar-refractivity contribution in [2.24, 2.45) is 5.92 Å². The summed E-state index contributed by atoms with van der Waals surface area (Å²) in [7, 11) is 0. The number of amides is 2. The first-order valence-electron chi connectivity index (χ1n) is 11.0. The van der Waals surface area contributed by atoms with Crippen molar-refractivity contribution < 1.29 is 9.59 Å². The second-order valence-corrected chi connectivity index (χ2v) is 7.75. The highest BCUT2D eigenvalue weighted by atomic mass is 16.2. The van der Waals surface area contributed by atoms with E-state index < -0.39 is 0 Å². The van der Waals surface area contributed by atoms with Gasteiger partial charge in [0.15, 0.2) is 0 Å². The molecule has 1 heterocycles. The van der Waals surface area contributed by atoms with Crippen LogP contribution in [0, 0.1) is 5.92 Å². The third-order valence-electron chi connectivity index (χ3n) is 5.65. The number of unbranched alkanes of at least 4 members (excludes halogenated alkanes) is 2. The Morgan fingerprint density at radius 2 is 1.61 bits per heavy atom. The van der Waals surface area contributed by atoms with Gasteiger partial charge in [0, 0.05) is 49.9 Å². The molecule has 1 aliphatic heterocycles. The monoisotopic (exact) mass is 387 g/mol. The van der Waals surface area contributed by atoms with E-state index in [4.69, 9.17) is 0 Å². The van der Waals surface area contributed by atoms with Gasteiger partial charge in [0.25, 0.3) is 0 Å². The fourth-order valence-corrected chi connectivity index (χ4v) is 3.67. The molecule has 2 amide bonds. The summed E-state index contributed by atoms with van der Waals surface area (Å²) < 4.78 is 0. The maximum Gasteiger partial charge on any atom is 0.227 e. The third-order valence-corrected chi connectivity index (χ3v) is 5.65. The molecule has 1 aromatic carbocycles. The number of benzene rings is 1. The van der Waals surface area contributed by atoms with E-state index in [1.54, 1.807) is 0 Å². The molecule has 5 heteroatoms. The van der Waals surface area contributed by atoms with E-state index >= 15 is 0 Å². The number of nitrogens with zero attached hydrogens (tertiary/aromatic N) is 2. The van der Waals surface area contributed by atoms with E-state index in [1.165, 1.54) is 0 Å². The number of carbonyl (C=O) groups is 2. The van der Waals surface area contributed by atoms with Gasteiger partial charge in [0.2, 0.25) is 11.8 Å². The molecule has 1 saturated heterocycles. The topological polar surface area (TPSA) is 52.7 Å². The Bertz CT molecular complexity index is 607. The lowest BCUT2D eigenvalue weighted by atomic mass is 9.98. The van der Waals surface area contributed by atoms with Crippen LogP contribution in [0.4, 0.5) is 11.4 Å². The Kier molecular flexibility index (Phi) is 9.32. The average Bonchev–Trinajstić information content (AvgIpc) is 2.73. The molecule has 1 fully saturated rings. The summed E-state index contributed by atoms with van der Waals surface area (Å²) in [6.45, 7) is 9.65. The van der Waals surface area contributed by atoms with Crippen LogP contribution >= 0.6 is 0 Å². The maximum absolute atomic E-state index is 12.5. The SMILES string of the molecule is CCCCC(=O)N1CCN(c2ccc(NC(=O)[C@H](CC)CCCC)cc2)CC1. The largest absolute Gasteiger partial charge is 0.368 e. The Morgan fingerprint density at radius 1 is 0.964 bits per heavy atom. The smallest absolute Gasteiger partial charge is 0.227 e. The minimum absolute atomic E-state index is 0.0953. The number of carbonyl (C=O) groups excluding carboxylic acids is 2. The summed E-state index contributed by atoms with van der Waals surface area (Å²) in [6, 6.07) is 8.10. The fraction of sp³-hybridized carbons (Fsp3) is 0.652. The number of rotatable bonds is 10. The van der Waals surface area contributed by atoms with Gasteiger partial charge in [-0.3, -0.25) is 9.59 Å². The van der Waals surface area contributed by atoms with Crippen molar-refractivity contribution in [1.29, 1.82) is 0 Å². The van der Waals surface area contributed by atoms with Crippen molar-refractivity contribution in [3.63, 3.8) is 0 Å². The van der Waals surface area contributed by atoms with E-state index in [9.17, 15) is 9.59 Å². The number of anilines is 2. The zero-order valence-electron chi connectivity index (χ0n) is 17.9. The molecule has 0 unspecified atom stereocenters. The normalized spacial score (nSPS) is 15.4. The molecule has 0 spiro atoms. The van der Waals surface area contributed by atoms with Crippen molar-refractivity contribution in [3.8, 4) is 0 Å². The number of nitrogens with one attached hydrogen (secondary N) is 1. The van der Waals surface area contributed by atoms with Crippen LogP contribution in [0.25, 0.3) is 0 Å². The minimum Gasteiger partial charge on any atom is -0.368 e.